The van der Waals surface area contributed by atoms with E-state index in [1.807, 2.05) is 61.2 Å². The van der Waals surface area contributed by atoms with E-state index >= 15 is 0 Å². The van der Waals surface area contributed by atoms with Gasteiger partial charge in [0.2, 0.25) is 11.8 Å². The molecule has 1 heterocycles. The van der Waals surface area contributed by atoms with E-state index in [-0.39, 0.29) is 11.8 Å². The first kappa shape index (κ1) is 18.5. The zero-order valence-corrected chi connectivity index (χ0v) is 16.5. The number of halogens is 1. The SMILES string of the molecule is Cc1cc(N[C@@H](C)C(=O)Nc2cccc(Br)c2)ccc1N1CCCC1=O. The fourth-order valence-corrected chi connectivity index (χ4v) is 3.48. The molecule has 0 saturated carbocycles. The van der Waals surface area contributed by atoms with Gasteiger partial charge in [-0.15, -0.1) is 0 Å². The van der Waals surface area contributed by atoms with Gasteiger partial charge in [0, 0.05) is 34.5 Å². The lowest BCUT2D eigenvalue weighted by Gasteiger charge is -2.20. The number of nitrogens with zero attached hydrogens (tertiary/aromatic N) is 1. The van der Waals surface area contributed by atoms with Gasteiger partial charge in [0.1, 0.15) is 6.04 Å². The molecule has 1 aliphatic heterocycles. The number of benzene rings is 2. The highest BCUT2D eigenvalue weighted by atomic mass is 79.9. The minimum absolute atomic E-state index is 0.112. The van der Waals surface area contributed by atoms with Gasteiger partial charge in [-0.25, -0.2) is 0 Å². The van der Waals surface area contributed by atoms with Crippen molar-refractivity contribution in [2.75, 3.05) is 22.1 Å². The molecule has 3 rings (SSSR count). The summed E-state index contributed by atoms with van der Waals surface area (Å²) in [6.45, 7) is 4.58. The molecule has 2 aromatic rings. The highest BCUT2D eigenvalue weighted by molar-refractivity contribution is 9.10. The van der Waals surface area contributed by atoms with Crippen molar-refractivity contribution >= 4 is 44.8 Å². The molecular weight excluding hydrogens is 394 g/mol. The second kappa shape index (κ2) is 7.91. The van der Waals surface area contributed by atoms with Gasteiger partial charge >= 0.3 is 0 Å². The molecule has 0 unspecified atom stereocenters. The normalized spacial score (nSPS) is 15.0. The van der Waals surface area contributed by atoms with Crippen molar-refractivity contribution in [1.82, 2.24) is 0 Å². The van der Waals surface area contributed by atoms with Crippen molar-refractivity contribution in [3.8, 4) is 0 Å². The summed E-state index contributed by atoms with van der Waals surface area (Å²) in [5.74, 6) is 0.0649. The smallest absolute Gasteiger partial charge is 0.246 e. The maximum Gasteiger partial charge on any atom is 0.246 e. The summed E-state index contributed by atoms with van der Waals surface area (Å²) in [6, 6.07) is 12.9. The number of anilines is 3. The Labute approximate surface area is 161 Å². The topological polar surface area (TPSA) is 61.4 Å². The molecular formula is C20H22BrN3O2. The monoisotopic (exact) mass is 415 g/mol. The summed E-state index contributed by atoms with van der Waals surface area (Å²) in [5.41, 5.74) is 3.57. The van der Waals surface area contributed by atoms with Gasteiger partial charge in [-0.3, -0.25) is 9.59 Å². The predicted molar refractivity (Wildman–Crippen MR) is 109 cm³/mol. The van der Waals surface area contributed by atoms with Crippen molar-refractivity contribution in [2.45, 2.75) is 32.7 Å². The van der Waals surface area contributed by atoms with Crippen LogP contribution in [0.15, 0.2) is 46.9 Å². The largest absolute Gasteiger partial charge is 0.374 e. The molecule has 0 spiro atoms. The summed E-state index contributed by atoms with van der Waals surface area (Å²) < 4.78 is 0.915. The minimum Gasteiger partial charge on any atom is -0.374 e. The predicted octanol–water partition coefficient (Wildman–Crippen LogP) is 4.32. The summed E-state index contributed by atoms with van der Waals surface area (Å²) >= 11 is 3.39. The zero-order valence-electron chi connectivity index (χ0n) is 14.9. The van der Waals surface area contributed by atoms with Crippen LogP contribution in [0.25, 0.3) is 0 Å². The molecule has 5 nitrogen and oxygen atoms in total. The van der Waals surface area contributed by atoms with Gasteiger partial charge < -0.3 is 15.5 Å². The number of aryl methyl sites for hydroxylation is 1. The molecule has 0 radical (unpaired) electrons. The van der Waals surface area contributed by atoms with Gasteiger partial charge in [-0.1, -0.05) is 22.0 Å². The van der Waals surface area contributed by atoms with E-state index in [1.54, 1.807) is 0 Å². The highest BCUT2D eigenvalue weighted by Gasteiger charge is 2.23. The molecule has 1 atom stereocenters. The van der Waals surface area contributed by atoms with Crippen LogP contribution in [0.1, 0.15) is 25.3 Å². The van der Waals surface area contributed by atoms with E-state index in [1.165, 1.54) is 0 Å². The number of carbonyl (C=O) groups excluding carboxylic acids is 2. The number of amides is 2. The number of hydrogen-bond donors (Lipinski definition) is 2. The molecule has 1 aliphatic rings. The second-order valence-electron chi connectivity index (χ2n) is 6.52. The first-order chi connectivity index (χ1) is 12.4. The van der Waals surface area contributed by atoms with Crippen LogP contribution in [0, 0.1) is 6.92 Å². The van der Waals surface area contributed by atoms with Crippen LogP contribution >= 0.6 is 15.9 Å². The van der Waals surface area contributed by atoms with Gasteiger partial charge in [-0.05, 0) is 62.2 Å². The molecule has 0 bridgehead atoms. The van der Waals surface area contributed by atoms with Gasteiger partial charge in [0.15, 0.2) is 0 Å². The van der Waals surface area contributed by atoms with Crippen LogP contribution < -0.4 is 15.5 Å². The molecule has 0 aliphatic carbocycles. The van der Waals surface area contributed by atoms with Crippen LogP contribution in [0.4, 0.5) is 17.1 Å². The Bertz CT molecular complexity index is 838. The van der Waals surface area contributed by atoms with Gasteiger partial charge in [0.05, 0.1) is 0 Å². The molecule has 26 heavy (non-hydrogen) atoms. The lowest BCUT2D eigenvalue weighted by atomic mass is 10.1. The number of rotatable bonds is 5. The van der Waals surface area contributed by atoms with E-state index in [2.05, 4.69) is 26.6 Å². The van der Waals surface area contributed by atoms with E-state index in [4.69, 9.17) is 0 Å². The first-order valence-electron chi connectivity index (χ1n) is 8.68. The van der Waals surface area contributed by atoms with Crippen LogP contribution in [-0.4, -0.2) is 24.4 Å². The number of carbonyl (C=O) groups is 2. The standard InChI is InChI=1S/C20H22BrN3O2/c1-13-11-17(8-9-18(13)24-10-4-7-19(24)25)22-14(2)20(26)23-16-6-3-5-15(21)12-16/h3,5-6,8-9,11-12,14,22H,4,7,10H2,1-2H3,(H,23,26)/t14-/m0/s1. The van der Waals surface area contributed by atoms with Crippen LogP contribution in [0.2, 0.25) is 0 Å². The maximum atomic E-state index is 12.4. The molecule has 2 N–H and O–H groups in total. The summed E-state index contributed by atoms with van der Waals surface area (Å²) in [4.78, 5) is 26.2. The minimum atomic E-state index is -0.396. The molecule has 0 aromatic heterocycles. The molecule has 2 aromatic carbocycles. The Morgan fingerprint density at radius 3 is 2.65 bits per heavy atom. The fraction of sp³-hybridized carbons (Fsp3) is 0.300. The third kappa shape index (κ3) is 4.25. The fourth-order valence-electron chi connectivity index (χ4n) is 3.08. The first-order valence-corrected chi connectivity index (χ1v) is 9.47. The summed E-state index contributed by atoms with van der Waals surface area (Å²) in [6.07, 6.45) is 1.53. The Balaban J connectivity index is 1.65. The molecule has 136 valence electrons. The van der Waals surface area contributed by atoms with Crippen LogP contribution in [0.5, 0.6) is 0 Å². The molecule has 6 heteroatoms. The Hall–Kier alpha value is -2.34. The Morgan fingerprint density at radius 2 is 2.00 bits per heavy atom. The van der Waals surface area contributed by atoms with Crippen molar-refractivity contribution < 1.29 is 9.59 Å². The molecule has 1 fully saturated rings. The molecule has 2 amide bonds. The summed E-state index contributed by atoms with van der Waals surface area (Å²) in [7, 11) is 0. The highest BCUT2D eigenvalue weighted by Crippen LogP contribution is 2.27. The van der Waals surface area contributed by atoms with Crippen molar-refractivity contribution in [3.63, 3.8) is 0 Å². The Morgan fingerprint density at radius 1 is 1.19 bits per heavy atom. The van der Waals surface area contributed by atoms with E-state index in [0.717, 1.165) is 40.1 Å². The second-order valence-corrected chi connectivity index (χ2v) is 7.43. The third-order valence-corrected chi connectivity index (χ3v) is 4.92. The van der Waals surface area contributed by atoms with Gasteiger partial charge in [-0.2, -0.15) is 0 Å². The average molecular weight is 416 g/mol. The lowest BCUT2D eigenvalue weighted by Crippen LogP contribution is -2.32. The summed E-state index contributed by atoms with van der Waals surface area (Å²) in [5, 5.41) is 6.11. The zero-order chi connectivity index (χ0) is 18.7. The Kier molecular flexibility index (Phi) is 5.61. The van der Waals surface area contributed by atoms with E-state index in [9.17, 15) is 9.59 Å². The average Bonchev–Trinajstić information content (AvgIpc) is 3.01. The van der Waals surface area contributed by atoms with Crippen molar-refractivity contribution in [3.05, 3.63) is 52.5 Å². The van der Waals surface area contributed by atoms with Crippen LogP contribution in [-0.2, 0) is 9.59 Å². The maximum absolute atomic E-state index is 12.4. The quantitative estimate of drug-likeness (QED) is 0.763. The van der Waals surface area contributed by atoms with E-state index in [0.29, 0.717) is 6.42 Å². The number of hydrogen-bond acceptors (Lipinski definition) is 3. The number of nitrogens with one attached hydrogen (secondary N) is 2. The van der Waals surface area contributed by atoms with E-state index < -0.39 is 6.04 Å². The lowest BCUT2D eigenvalue weighted by molar-refractivity contribution is -0.117. The van der Waals surface area contributed by atoms with Crippen LogP contribution in [0.3, 0.4) is 0 Å². The van der Waals surface area contributed by atoms with Crippen molar-refractivity contribution in [2.24, 2.45) is 0 Å². The van der Waals surface area contributed by atoms with Gasteiger partial charge in [0.25, 0.3) is 0 Å². The molecule has 1 saturated heterocycles. The van der Waals surface area contributed by atoms with Crippen molar-refractivity contribution in [1.29, 1.82) is 0 Å². The third-order valence-electron chi connectivity index (χ3n) is 4.43.